The number of hydrogen-bond donors (Lipinski definition) is 2. The average molecular weight is 249 g/mol. The molecule has 1 aromatic rings. The van der Waals surface area contributed by atoms with Gasteiger partial charge in [-0.2, -0.15) is 0 Å². The summed E-state index contributed by atoms with van der Waals surface area (Å²) in [5, 5.41) is 9.25. The largest absolute Gasteiger partial charge is 0.481 e. The van der Waals surface area contributed by atoms with Crippen molar-refractivity contribution < 1.29 is 9.90 Å². The second kappa shape index (κ2) is 6.01. The molecule has 0 aliphatic heterocycles. The van der Waals surface area contributed by atoms with Crippen LogP contribution in [0.15, 0.2) is 30.3 Å². The van der Waals surface area contributed by atoms with E-state index in [0.29, 0.717) is 0 Å². The molecule has 0 aliphatic carbocycles. The Kier molecular flexibility index (Phi) is 4.91. The monoisotopic (exact) mass is 249 g/mol. The number of hydrogen-bond acceptors (Lipinski definition) is 2. The zero-order valence-corrected chi connectivity index (χ0v) is 11.4. The van der Waals surface area contributed by atoms with E-state index in [4.69, 9.17) is 5.73 Å². The van der Waals surface area contributed by atoms with Gasteiger partial charge in [-0.3, -0.25) is 4.79 Å². The first kappa shape index (κ1) is 14.7. The fraction of sp³-hybridized carbons (Fsp3) is 0.533. The molecule has 1 rings (SSSR count). The Morgan fingerprint density at radius 2 is 1.89 bits per heavy atom. The molecule has 0 fully saturated rings. The van der Waals surface area contributed by atoms with Gasteiger partial charge >= 0.3 is 5.97 Å². The SMILES string of the molecule is CCC(N)C(CC(=O)O)(c1ccccc1)C(C)C. The van der Waals surface area contributed by atoms with Gasteiger partial charge in [0.2, 0.25) is 0 Å². The predicted octanol–water partition coefficient (Wildman–Crippen LogP) is 2.79. The van der Waals surface area contributed by atoms with Crippen LogP contribution in [0.25, 0.3) is 0 Å². The number of nitrogens with two attached hydrogens (primary N) is 1. The van der Waals surface area contributed by atoms with Crippen LogP contribution in [0.3, 0.4) is 0 Å². The van der Waals surface area contributed by atoms with Gasteiger partial charge in [0.05, 0.1) is 6.42 Å². The van der Waals surface area contributed by atoms with E-state index in [-0.39, 0.29) is 18.4 Å². The van der Waals surface area contributed by atoms with E-state index in [0.717, 1.165) is 12.0 Å². The van der Waals surface area contributed by atoms with Crippen molar-refractivity contribution in [2.45, 2.75) is 45.1 Å². The summed E-state index contributed by atoms with van der Waals surface area (Å²) in [6.45, 7) is 6.10. The van der Waals surface area contributed by atoms with Crippen LogP contribution in [0.2, 0.25) is 0 Å². The van der Waals surface area contributed by atoms with Crippen LogP contribution in [0.4, 0.5) is 0 Å². The summed E-state index contributed by atoms with van der Waals surface area (Å²) in [6.07, 6.45) is 0.837. The Bertz CT molecular complexity index is 389. The molecule has 0 radical (unpaired) electrons. The van der Waals surface area contributed by atoms with E-state index in [1.165, 1.54) is 0 Å². The van der Waals surface area contributed by atoms with Crippen molar-refractivity contribution in [3.8, 4) is 0 Å². The number of aliphatic carboxylic acids is 1. The zero-order chi connectivity index (χ0) is 13.8. The van der Waals surface area contributed by atoms with Gasteiger partial charge in [-0.15, -0.1) is 0 Å². The van der Waals surface area contributed by atoms with Crippen molar-refractivity contribution in [3.05, 3.63) is 35.9 Å². The standard InChI is InChI=1S/C15H23NO2/c1-4-13(16)15(11(2)3,10-14(17)18)12-8-6-5-7-9-12/h5-9,11,13H,4,10,16H2,1-3H3,(H,17,18). The molecule has 3 N–H and O–H groups in total. The summed E-state index contributed by atoms with van der Waals surface area (Å²) < 4.78 is 0. The lowest BCUT2D eigenvalue weighted by Gasteiger charge is -2.42. The van der Waals surface area contributed by atoms with Gasteiger partial charge in [0.15, 0.2) is 0 Å². The average Bonchev–Trinajstić information content (AvgIpc) is 2.35. The lowest BCUT2D eigenvalue weighted by atomic mass is 9.64. The van der Waals surface area contributed by atoms with Crippen LogP contribution in [0.5, 0.6) is 0 Å². The molecule has 0 heterocycles. The molecular formula is C15H23NO2. The van der Waals surface area contributed by atoms with Crippen molar-refractivity contribution in [3.63, 3.8) is 0 Å². The van der Waals surface area contributed by atoms with Gasteiger partial charge in [0.25, 0.3) is 0 Å². The molecule has 0 spiro atoms. The first-order valence-corrected chi connectivity index (χ1v) is 6.48. The second-order valence-corrected chi connectivity index (χ2v) is 5.15. The van der Waals surface area contributed by atoms with E-state index < -0.39 is 11.4 Å². The maximum Gasteiger partial charge on any atom is 0.304 e. The lowest BCUT2D eigenvalue weighted by molar-refractivity contribution is -0.139. The minimum Gasteiger partial charge on any atom is -0.481 e. The van der Waals surface area contributed by atoms with Gasteiger partial charge in [-0.1, -0.05) is 51.1 Å². The first-order chi connectivity index (χ1) is 8.45. The lowest BCUT2D eigenvalue weighted by Crippen LogP contribution is -2.50. The zero-order valence-electron chi connectivity index (χ0n) is 11.4. The second-order valence-electron chi connectivity index (χ2n) is 5.15. The highest BCUT2D eigenvalue weighted by molar-refractivity contribution is 5.69. The number of benzene rings is 1. The van der Waals surface area contributed by atoms with Gasteiger partial charge in [0.1, 0.15) is 0 Å². The van der Waals surface area contributed by atoms with E-state index in [2.05, 4.69) is 0 Å². The molecule has 18 heavy (non-hydrogen) atoms. The molecule has 0 aromatic heterocycles. The highest BCUT2D eigenvalue weighted by atomic mass is 16.4. The summed E-state index contributed by atoms with van der Waals surface area (Å²) >= 11 is 0. The Balaban J connectivity index is 3.33. The number of carboxylic acids is 1. The van der Waals surface area contributed by atoms with Crippen LogP contribution in [-0.2, 0) is 10.2 Å². The quantitative estimate of drug-likeness (QED) is 0.815. The Morgan fingerprint density at radius 1 is 1.33 bits per heavy atom. The van der Waals surface area contributed by atoms with Crippen LogP contribution >= 0.6 is 0 Å². The van der Waals surface area contributed by atoms with Crippen molar-refractivity contribution in [2.24, 2.45) is 11.7 Å². The molecular weight excluding hydrogens is 226 g/mol. The number of rotatable bonds is 6. The minimum absolute atomic E-state index is 0.0731. The van der Waals surface area contributed by atoms with Gasteiger partial charge in [0, 0.05) is 11.5 Å². The Morgan fingerprint density at radius 3 is 2.28 bits per heavy atom. The Hall–Kier alpha value is -1.35. The summed E-state index contributed by atoms with van der Waals surface area (Å²) in [7, 11) is 0. The van der Waals surface area contributed by atoms with E-state index in [1.807, 2.05) is 51.1 Å². The fourth-order valence-electron chi connectivity index (χ4n) is 2.78. The summed E-state index contributed by atoms with van der Waals surface area (Å²) in [5.41, 5.74) is 6.80. The minimum atomic E-state index is -0.795. The normalized spacial score (nSPS) is 16.3. The molecule has 3 nitrogen and oxygen atoms in total. The van der Waals surface area contributed by atoms with E-state index in [1.54, 1.807) is 0 Å². The van der Waals surface area contributed by atoms with Crippen LogP contribution in [0.1, 0.15) is 39.2 Å². The van der Waals surface area contributed by atoms with Crippen molar-refractivity contribution in [2.75, 3.05) is 0 Å². The third kappa shape index (κ3) is 2.72. The van der Waals surface area contributed by atoms with Crippen molar-refractivity contribution >= 4 is 5.97 Å². The smallest absolute Gasteiger partial charge is 0.304 e. The molecule has 0 aliphatic rings. The highest BCUT2D eigenvalue weighted by Crippen LogP contribution is 2.39. The Labute approximate surface area is 109 Å². The maximum absolute atomic E-state index is 11.3. The molecule has 1 aromatic carbocycles. The van der Waals surface area contributed by atoms with Gasteiger partial charge < -0.3 is 10.8 Å². The molecule has 100 valence electrons. The molecule has 2 atom stereocenters. The van der Waals surface area contributed by atoms with Gasteiger partial charge in [-0.05, 0) is 17.9 Å². The third-order valence-electron chi connectivity index (χ3n) is 3.89. The molecule has 2 unspecified atom stereocenters. The van der Waals surface area contributed by atoms with E-state index in [9.17, 15) is 9.90 Å². The molecule has 0 bridgehead atoms. The van der Waals surface area contributed by atoms with Gasteiger partial charge in [-0.25, -0.2) is 0 Å². The molecule has 0 amide bonds. The van der Waals surface area contributed by atoms with Crippen LogP contribution in [-0.4, -0.2) is 17.1 Å². The fourth-order valence-corrected chi connectivity index (χ4v) is 2.78. The summed E-state index contributed by atoms with van der Waals surface area (Å²) in [6, 6.07) is 9.63. The first-order valence-electron chi connectivity index (χ1n) is 6.48. The summed E-state index contributed by atoms with van der Waals surface area (Å²) in [5.74, 6) is -0.623. The molecule has 3 heteroatoms. The van der Waals surface area contributed by atoms with Crippen LogP contribution in [0, 0.1) is 5.92 Å². The van der Waals surface area contributed by atoms with Crippen molar-refractivity contribution in [1.29, 1.82) is 0 Å². The highest BCUT2D eigenvalue weighted by Gasteiger charge is 2.42. The topological polar surface area (TPSA) is 63.3 Å². The number of carbonyl (C=O) groups is 1. The molecule has 0 saturated heterocycles. The van der Waals surface area contributed by atoms with Crippen molar-refractivity contribution in [1.82, 2.24) is 0 Å². The van der Waals surface area contributed by atoms with E-state index >= 15 is 0 Å². The van der Waals surface area contributed by atoms with Crippen LogP contribution < -0.4 is 5.73 Å². The number of carboxylic acid groups (broad SMARTS) is 1. The predicted molar refractivity (Wildman–Crippen MR) is 73.5 cm³/mol. The maximum atomic E-state index is 11.3. The molecule has 0 saturated carbocycles. The summed E-state index contributed by atoms with van der Waals surface area (Å²) in [4.78, 5) is 11.3. The third-order valence-corrected chi connectivity index (χ3v) is 3.89.